The first-order valence-corrected chi connectivity index (χ1v) is 7.60. The summed E-state index contributed by atoms with van der Waals surface area (Å²) in [6.07, 6.45) is 1.48. The third kappa shape index (κ3) is 5.90. The van der Waals surface area contributed by atoms with Crippen LogP contribution in [0.5, 0.6) is 11.5 Å². The van der Waals surface area contributed by atoms with Gasteiger partial charge >= 0.3 is 6.03 Å². The molecule has 0 spiro atoms. The van der Waals surface area contributed by atoms with Gasteiger partial charge in [0, 0.05) is 13.1 Å². The lowest BCUT2D eigenvalue weighted by Gasteiger charge is -2.08. The van der Waals surface area contributed by atoms with Crippen LogP contribution < -0.4 is 15.4 Å². The Kier molecular flexibility index (Phi) is 6.29. The number of carbonyl (C=O) groups excluding carboxylic acids is 1. The minimum Gasteiger partial charge on any atom is -0.508 e. The third-order valence-electron chi connectivity index (χ3n) is 3.47. The lowest BCUT2D eigenvalue weighted by Crippen LogP contribution is -2.37. The van der Waals surface area contributed by atoms with Crippen molar-refractivity contribution in [1.29, 1.82) is 0 Å². The molecule has 0 saturated carbocycles. The van der Waals surface area contributed by atoms with Crippen molar-refractivity contribution in [3.05, 3.63) is 59.7 Å². The van der Waals surface area contributed by atoms with Gasteiger partial charge in [0.15, 0.2) is 0 Å². The Morgan fingerprint density at radius 3 is 2.30 bits per heavy atom. The predicted molar refractivity (Wildman–Crippen MR) is 89.9 cm³/mol. The van der Waals surface area contributed by atoms with Gasteiger partial charge in [0.2, 0.25) is 0 Å². The van der Waals surface area contributed by atoms with E-state index < -0.39 is 0 Å². The Balaban J connectivity index is 1.64. The molecule has 2 aromatic carbocycles. The molecule has 0 saturated heterocycles. The summed E-state index contributed by atoms with van der Waals surface area (Å²) in [7, 11) is 1.64. The molecular weight excluding hydrogens is 292 g/mol. The lowest BCUT2D eigenvalue weighted by atomic mass is 10.1. The maximum absolute atomic E-state index is 11.7. The Labute approximate surface area is 136 Å². The zero-order valence-corrected chi connectivity index (χ0v) is 13.2. The van der Waals surface area contributed by atoms with Crippen molar-refractivity contribution >= 4 is 6.03 Å². The Morgan fingerprint density at radius 2 is 1.65 bits per heavy atom. The quantitative estimate of drug-likeness (QED) is 0.735. The zero-order valence-electron chi connectivity index (χ0n) is 13.2. The summed E-state index contributed by atoms with van der Waals surface area (Å²) in [4.78, 5) is 11.7. The van der Waals surface area contributed by atoms with Crippen molar-refractivity contribution in [3.63, 3.8) is 0 Å². The molecular formula is C18H22N2O3. The molecule has 3 N–H and O–H groups in total. The van der Waals surface area contributed by atoms with E-state index in [9.17, 15) is 9.90 Å². The second-order valence-electron chi connectivity index (χ2n) is 5.20. The molecule has 0 heterocycles. The van der Waals surface area contributed by atoms with E-state index in [1.807, 2.05) is 36.4 Å². The fraction of sp³-hybridized carbons (Fsp3) is 0.278. The van der Waals surface area contributed by atoms with E-state index >= 15 is 0 Å². The number of phenolic OH excluding ortho intramolecular Hbond substituents is 1. The number of aromatic hydroxyl groups is 1. The number of rotatable bonds is 7. The maximum atomic E-state index is 11.7. The van der Waals surface area contributed by atoms with Gasteiger partial charge in [0.1, 0.15) is 11.5 Å². The van der Waals surface area contributed by atoms with E-state index in [1.165, 1.54) is 0 Å². The number of phenols is 1. The van der Waals surface area contributed by atoms with Crippen molar-refractivity contribution in [2.45, 2.75) is 12.8 Å². The average molecular weight is 314 g/mol. The summed E-state index contributed by atoms with van der Waals surface area (Å²) in [6, 6.07) is 14.6. The number of carbonyl (C=O) groups is 1. The van der Waals surface area contributed by atoms with Gasteiger partial charge in [-0.1, -0.05) is 24.3 Å². The molecule has 0 bridgehead atoms. The number of hydrogen-bond donors (Lipinski definition) is 3. The molecule has 2 amide bonds. The van der Waals surface area contributed by atoms with Crippen LogP contribution in [0.2, 0.25) is 0 Å². The summed E-state index contributed by atoms with van der Waals surface area (Å²) in [5, 5.41) is 14.9. The number of hydrogen-bond acceptors (Lipinski definition) is 3. The van der Waals surface area contributed by atoms with Crippen LogP contribution in [-0.2, 0) is 12.8 Å². The van der Waals surface area contributed by atoms with E-state index in [-0.39, 0.29) is 11.8 Å². The molecule has 0 aliphatic carbocycles. The van der Waals surface area contributed by atoms with Crippen LogP contribution in [0.15, 0.2) is 48.5 Å². The highest BCUT2D eigenvalue weighted by atomic mass is 16.5. The smallest absolute Gasteiger partial charge is 0.314 e. The summed E-state index contributed by atoms with van der Waals surface area (Å²) < 4.78 is 5.17. The van der Waals surface area contributed by atoms with E-state index in [4.69, 9.17) is 4.74 Å². The molecule has 0 fully saturated rings. The van der Waals surface area contributed by atoms with Crippen LogP contribution >= 0.6 is 0 Å². The van der Waals surface area contributed by atoms with E-state index in [0.717, 1.165) is 29.7 Å². The number of urea groups is 1. The van der Waals surface area contributed by atoms with Crippen LogP contribution in [0.25, 0.3) is 0 Å². The Morgan fingerprint density at radius 1 is 1.00 bits per heavy atom. The molecule has 0 unspecified atom stereocenters. The molecule has 5 nitrogen and oxygen atoms in total. The van der Waals surface area contributed by atoms with Crippen molar-refractivity contribution in [1.82, 2.24) is 10.6 Å². The summed E-state index contributed by atoms with van der Waals surface area (Å²) in [5.74, 6) is 1.07. The minimum atomic E-state index is -0.174. The summed E-state index contributed by atoms with van der Waals surface area (Å²) in [5.41, 5.74) is 2.19. The molecule has 0 aromatic heterocycles. The topological polar surface area (TPSA) is 70.6 Å². The third-order valence-corrected chi connectivity index (χ3v) is 3.47. The number of nitrogens with one attached hydrogen (secondary N) is 2. The van der Waals surface area contributed by atoms with Gasteiger partial charge in [-0.3, -0.25) is 0 Å². The number of benzene rings is 2. The first kappa shape index (κ1) is 16.7. The van der Waals surface area contributed by atoms with Crippen LogP contribution in [0, 0.1) is 0 Å². The van der Waals surface area contributed by atoms with E-state index in [2.05, 4.69) is 10.6 Å². The monoisotopic (exact) mass is 314 g/mol. The largest absolute Gasteiger partial charge is 0.508 e. The summed E-state index contributed by atoms with van der Waals surface area (Å²) in [6.45, 7) is 1.12. The van der Waals surface area contributed by atoms with Gasteiger partial charge in [-0.25, -0.2) is 4.79 Å². The second-order valence-corrected chi connectivity index (χ2v) is 5.20. The fourth-order valence-corrected chi connectivity index (χ4v) is 2.19. The number of methoxy groups -OCH3 is 1. The van der Waals surface area contributed by atoms with Crippen molar-refractivity contribution in [3.8, 4) is 11.5 Å². The second kappa shape index (κ2) is 8.68. The summed E-state index contributed by atoms with van der Waals surface area (Å²) >= 11 is 0. The first-order chi connectivity index (χ1) is 11.2. The molecule has 122 valence electrons. The molecule has 0 radical (unpaired) electrons. The van der Waals surface area contributed by atoms with Crippen LogP contribution in [-0.4, -0.2) is 31.3 Å². The minimum absolute atomic E-state index is 0.174. The fourth-order valence-electron chi connectivity index (χ4n) is 2.19. The number of amides is 2. The molecule has 23 heavy (non-hydrogen) atoms. The predicted octanol–water partition coefficient (Wildman–Crippen LogP) is 2.49. The van der Waals surface area contributed by atoms with E-state index in [0.29, 0.717) is 13.1 Å². The van der Waals surface area contributed by atoms with Gasteiger partial charge in [-0.15, -0.1) is 0 Å². The van der Waals surface area contributed by atoms with Crippen LogP contribution in [0.3, 0.4) is 0 Å². The van der Waals surface area contributed by atoms with Crippen LogP contribution in [0.4, 0.5) is 4.79 Å². The highest BCUT2D eigenvalue weighted by Gasteiger charge is 2.01. The van der Waals surface area contributed by atoms with Gasteiger partial charge in [0.05, 0.1) is 7.11 Å². The Bertz CT molecular complexity index is 626. The van der Waals surface area contributed by atoms with Gasteiger partial charge in [-0.2, -0.15) is 0 Å². The lowest BCUT2D eigenvalue weighted by molar-refractivity contribution is 0.241. The highest BCUT2D eigenvalue weighted by molar-refractivity contribution is 5.73. The molecule has 5 heteroatoms. The van der Waals surface area contributed by atoms with E-state index in [1.54, 1.807) is 19.2 Å². The van der Waals surface area contributed by atoms with Crippen molar-refractivity contribution < 1.29 is 14.6 Å². The van der Waals surface area contributed by atoms with Gasteiger partial charge in [0.25, 0.3) is 0 Å². The van der Waals surface area contributed by atoms with Crippen LogP contribution in [0.1, 0.15) is 11.1 Å². The molecule has 2 rings (SSSR count). The van der Waals surface area contributed by atoms with Crippen molar-refractivity contribution in [2.75, 3.05) is 20.2 Å². The highest BCUT2D eigenvalue weighted by Crippen LogP contribution is 2.12. The normalized spacial score (nSPS) is 10.1. The standard InChI is InChI=1S/C18H22N2O3/c1-23-17-4-2-3-15(13-17)10-12-20-18(22)19-11-9-14-5-7-16(21)8-6-14/h2-8,13,21H,9-12H2,1H3,(H2,19,20,22). The maximum Gasteiger partial charge on any atom is 0.314 e. The molecule has 0 aliphatic heterocycles. The number of ether oxygens (including phenoxy) is 1. The SMILES string of the molecule is COc1cccc(CCNC(=O)NCCc2ccc(O)cc2)c1. The van der Waals surface area contributed by atoms with Crippen molar-refractivity contribution in [2.24, 2.45) is 0 Å². The average Bonchev–Trinajstić information content (AvgIpc) is 2.57. The molecule has 2 aromatic rings. The van der Waals surface area contributed by atoms with Gasteiger partial charge < -0.3 is 20.5 Å². The molecule has 0 aliphatic rings. The zero-order chi connectivity index (χ0) is 16.5. The first-order valence-electron chi connectivity index (χ1n) is 7.60. The Hall–Kier alpha value is -2.69. The van der Waals surface area contributed by atoms with Gasteiger partial charge in [-0.05, 0) is 48.2 Å². The molecule has 0 atom stereocenters.